The Morgan fingerprint density at radius 3 is 2.62 bits per heavy atom. The van der Waals surface area contributed by atoms with Crippen LogP contribution in [0.4, 0.5) is 4.39 Å². The zero-order valence-electron chi connectivity index (χ0n) is 17.1. The molecule has 1 aromatic carbocycles. The van der Waals surface area contributed by atoms with Gasteiger partial charge in [0.2, 0.25) is 0 Å². The maximum Gasteiger partial charge on any atom is 0.156 e. The second-order valence-electron chi connectivity index (χ2n) is 8.03. The van der Waals surface area contributed by atoms with Gasteiger partial charge >= 0.3 is 0 Å². The van der Waals surface area contributed by atoms with Crippen LogP contribution in [0.1, 0.15) is 37.1 Å². The fraction of sp³-hybridized carbons (Fsp3) is 0.409. The molecule has 0 saturated carbocycles. The van der Waals surface area contributed by atoms with Gasteiger partial charge in [-0.1, -0.05) is 6.92 Å². The second-order valence-corrected chi connectivity index (χ2v) is 8.03. The molecule has 5 rings (SSSR count). The molecule has 3 aromatic heterocycles. The summed E-state index contributed by atoms with van der Waals surface area (Å²) in [6.45, 7) is 9.36. The summed E-state index contributed by atoms with van der Waals surface area (Å²) < 4.78 is 18.7. The summed E-state index contributed by atoms with van der Waals surface area (Å²) in [5, 5.41) is 10.0. The van der Waals surface area contributed by atoms with Crippen LogP contribution in [0, 0.1) is 19.7 Å². The smallest absolute Gasteiger partial charge is 0.156 e. The molecule has 1 aliphatic rings. The van der Waals surface area contributed by atoms with Crippen molar-refractivity contribution in [3.05, 3.63) is 47.7 Å². The minimum Gasteiger partial charge on any atom is -0.303 e. The normalized spacial score (nSPS) is 16.3. The Bertz CT molecular complexity index is 1200. The van der Waals surface area contributed by atoms with E-state index < -0.39 is 0 Å². The number of fused-ring (bicyclic) bond motifs is 2. The molecule has 0 radical (unpaired) electrons. The minimum atomic E-state index is -0.302. The van der Waals surface area contributed by atoms with Crippen molar-refractivity contribution in [3.8, 4) is 11.3 Å². The standard InChI is InChI=1S/C22H25FN6/c1-4-27-7-5-18(6-8-27)28-13-17-10-16(11-19(23)21(17)26-28)20-9-14(2)22-24-15(3)12-29(22)25-20/h9-13,18H,4-8H2,1-3H3. The largest absolute Gasteiger partial charge is 0.303 e. The average Bonchev–Trinajstić information content (AvgIpc) is 3.31. The molecule has 150 valence electrons. The van der Waals surface area contributed by atoms with E-state index in [4.69, 9.17) is 0 Å². The summed E-state index contributed by atoms with van der Waals surface area (Å²) >= 11 is 0. The first-order chi connectivity index (χ1) is 14.0. The van der Waals surface area contributed by atoms with Crippen LogP contribution < -0.4 is 0 Å². The first-order valence-electron chi connectivity index (χ1n) is 10.3. The molecule has 0 amide bonds. The van der Waals surface area contributed by atoms with Gasteiger partial charge in [0, 0.05) is 30.2 Å². The number of imidazole rings is 1. The van der Waals surface area contributed by atoms with E-state index in [0.29, 0.717) is 11.6 Å². The molecular weight excluding hydrogens is 367 g/mol. The fourth-order valence-electron chi connectivity index (χ4n) is 4.33. The van der Waals surface area contributed by atoms with Crippen molar-refractivity contribution < 1.29 is 4.39 Å². The summed E-state index contributed by atoms with van der Waals surface area (Å²) in [5.41, 5.74) is 4.68. The molecule has 0 atom stereocenters. The summed E-state index contributed by atoms with van der Waals surface area (Å²) in [4.78, 5) is 6.94. The number of halogens is 1. The Kier molecular flexibility index (Phi) is 4.35. The van der Waals surface area contributed by atoms with Crippen molar-refractivity contribution in [1.82, 2.24) is 29.3 Å². The van der Waals surface area contributed by atoms with E-state index in [2.05, 4.69) is 27.0 Å². The molecule has 0 N–H and O–H groups in total. The number of nitrogens with zero attached hydrogens (tertiary/aromatic N) is 6. The van der Waals surface area contributed by atoms with Crippen LogP contribution in [0.3, 0.4) is 0 Å². The van der Waals surface area contributed by atoms with Crippen molar-refractivity contribution in [2.75, 3.05) is 19.6 Å². The number of hydrogen-bond acceptors (Lipinski definition) is 4. The molecule has 4 heterocycles. The monoisotopic (exact) mass is 392 g/mol. The lowest BCUT2D eigenvalue weighted by molar-refractivity contribution is 0.188. The molecule has 1 aliphatic heterocycles. The molecular formula is C22H25FN6. The fourth-order valence-corrected chi connectivity index (χ4v) is 4.33. The van der Waals surface area contributed by atoms with Gasteiger partial charge in [0.05, 0.1) is 23.6 Å². The number of benzene rings is 1. The SMILES string of the molecule is CCN1CCC(n2cc3cc(-c4cc(C)c5nc(C)cn5n4)cc(F)c3n2)CC1. The molecule has 0 aliphatic carbocycles. The Balaban J connectivity index is 1.53. The number of aryl methyl sites for hydroxylation is 2. The number of aromatic nitrogens is 5. The highest BCUT2D eigenvalue weighted by Gasteiger charge is 2.21. The minimum absolute atomic E-state index is 0.302. The van der Waals surface area contributed by atoms with Gasteiger partial charge in [0.25, 0.3) is 0 Å². The predicted molar refractivity (Wildman–Crippen MR) is 112 cm³/mol. The van der Waals surface area contributed by atoms with Gasteiger partial charge < -0.3 is 4.90 Å². The average molecular weight is 392 g/mol. The molecule has 1 saturated heterocycles. The molecule has 6 nitrogen and oxygen atoms in total. The molecule has 1 fully saturated rings. The Hall–Kier alpha value is -2.80. The summed E-state index contributed by atoms with van der Waals surface area (Å²) in [5.74, 6) is -0.302. The Morgan fingerprint density at radius 2 is 1.86 bits per heavy atom. The van der Waals surface area contributed by atoms with E-state index in [0.717, 1.165) is 66.0 Å². The maximum atomic E-state index is 14.9. The topological polar surface area (TPSA) is 51.2 Å². The summed E-state index contributed by atoms with van der Waals surface area (Å²) in [6.07, 6.45) is 5.98. The third kappa shape index (κ3) is 3.19. The van der Waals surface area contributed by atoms with E-state index >= 15 is 0 Å². The van der Waals surface area contributed by atoms with Gasteiger partial charge in [-0.05, 0) is 57.0 Å². The maximum absolute atomic E-state index is 14.9. The molecule has 0 bridgehead atoms. The van der Waals surface area contributed by atoms with Crippen LogP contribution in [-0.4, -0.2) is 48.9 Å². The van der Waals surface area contributed by atoms with Crippen LogP contribution in [0.25, 0.3) is 27.8 Å². The van der Waals surface area contributed by atoms with Crippen molar-refractivity contribution in [2.45, 2.75) is 39.7 Å². The van der Waals surface area contributed by atoms with Gasteiger partial charge in [-0.25, -0.2) is 13.9 Å². The van der Waals surface area contributed by atoms with Crippen molar-refractivity contribution in [2.24, 2.45) is 0 Å². The lowest BCUT2D eigenvalue weighted by atomic mass is 10.1. The lowest BCUT2D eigenvalue weighted by Crippen LogP contribution is -2.34. The van der Waals surface area contributed by atoms with Crippen molar-refractivity contribution in [1.29, 1.82) is 0 Å². The first kappa shape index (κ1) is 18.2. The van der Waals surface area contributed by atoms with Crippen molar-refractivity contribution in [3.63, 3.8) is 0 Å². The van der Waals surface area contributed by atoms with Gasteiger partial charge in [0.1, 0.15) is 5.52 Å². The molecule has 7 heteroatoms. The summed E-state index contributed by atoms with van der Waals surface area (Å²) in [7, 11) is 0. The molecule has 0 spiro atoms. The second kappa shape index (κ2) is 6.91. The highest BCUT2D eigenvalue weighted by molar-refractivity contribution is 5.84. The van der Waals surface area contributed by atoms with Crippen molar-refractivity contribution >= 4 is 16.6 Å². The van der Waals surface area contributed by atoms with Gasteiger partial charge in [0.15, 0.2) is 11.5 Å². The van der Waals surface area contributed by atoms with E-state index in [1.807, 2.05) is 43.1 Å². The molecule has 0 unspecified atom stereocenters. The zero-order chi connectivity index (χ0) is 20.1. The first-order valence-corrected chi connectivity index (χ1v) is 10.3. The lowest BCUT2D eigenvalue weighted by Gasteiger charge is -2.31. The number of piperidine rings is 1. The van der Waals surface area contributed by atoms with Crippen LogP contribution in [0.5, 0.6) is 0 Å². The highest BCUT2D eigenvalue weighted by Crippen LogP contribution is 2.29. The number of likely N-dealkylation sites (tertiary alicyclic amines) is 1. The zero-order valence-corrected chi connectivity index (χ0v) is 17.1. The predicted octanol–water partition coefficient (Wildman–Crippen LogP) is 4.16. The third-order valence-electron chi connectivity index (χ3n) is 5.98. The highest BCUT2D eigenvalue weighted by atomic mass is 19.1. The Labute approximate surface area is 169 Å². The van der Waals surface area contributed by atoms with Crippen LogP contribution in [0.15, 0.2) is 30.6 Å². The van der Waals surface area contributed by atoms with E-state index in [-0.39, 0.29) is 5.82 Å². The van der Waals surface area contributed by atoms with Crippen LogP contribution in [0.2, 0.25) is 0 Å². The van der Waals surface area contributed by atoms with E-state index in [9.17, 15) is 4.39 Å². The van der Waals surface area contributed by atoms with Gasteiger partial charge in [-0.3, -0.25) is 4.68 Å². The molecule has 4 aromatic rings. The van der Waals surface area contributed by atoms with Gasteiger partial charge in [-0.15, -0.1) is 0 Å². The Morgan fingerprint density at radius 1 is 1.07 bits per heavy atom. The van der Waals surface area contributed by atoms with Crippen LogP contribution >= 0.6 is 0 Å². The molecule has 29 heavy (non-hydrogen) atoms. The number of hydrogen-bond donors (Lipinski definition) is 0. The summed E-state index contributed by atoms with van der Waals surface area (Å²) in [6, 6.07) is 5.82. The number of rotatable bonds is 3. The quantitative estimate of drug-likeness (QED) is 0.525. The van der Waals surface area contributed by atoms with E-state index in [1.54, 1.807) is 4.52 Å². The van der Waals surface area contributed by atoms with E-state index in [1.165, 1.54) is 6.07 Å². The third-order valence-corrected chi connectivity index (χ3v) is 5.98. The van der Waals surface area contributed by atoms with Crippen LogP contribution in [-0.2, 0) is 0 Å². The van der Waals surface area contributed by atoms with Gasteiger partial charge in [-0.2, -0.15) is 10.2 Å².